The van der Waals surface area contributed by atoms with E-state index in [2.05, 4.69) is 4.98 Å². The van der Waals surface area contributed by atoms with Crippen LogP contribution in [0.2, 0.25) is 5.15 Å². The second-order valence-corrected chi connectivity index (χ2v) is 4.48. The summed E-state index contributed by atoms with van der Waals surface area (Å²) < 4.78 is 7.36. The predicted octanol–water partition coefficient (Wildman–Crippen LogP) is 1.50. The van der Waals surface area contributed by atoms with Crippen molar-refractivity contribution in [3.63, 3.8) is 0 Å². The number of ether oxygens (including phenoxy) is 1. The van der Waals surface area contributed by atoms with Gasteiger partial charge in [-0.3, -0.25) is 0 Å². The second-order valence-electron chi connectivity index (χ2n) is 4.12. The van der Waals surface area contributed by atoms with E-state index in [0.29, 0.717) is 17.5 Å². The van der Waals surface area contributed by atoms with Gasteiger partial charge in [-0.25, -0.2) is 4.98 Å². The van der Waals surface area contributed by atoms with Gasteiger partial charge >= 0.3 is 0 Å². The Labute approximate surface area is 100 Å². The highest BCUT2D eigenvalue weighted by Crippen LogP contribution is 2.32. The molecule has 5 heteroatoms. The van der Waals surface area contributed by atoms with Crippen molar-refractivity contribution in [1.29, 1.82) is 0 Å². The molecule has 16 heavy (non-hydrogen) atoms. The number of rotatable bonds is 3. The Morgan fingerprint density at radius 1 is 1.50 bits per heavy atom. The van der Waals surface area contributed by atoms with E-state index in [9.17, 15) is 0 Å². The van der Waals surface area contributed by atoms with Crippen molar-refractivity contribution in [3.05, 3.63) is 16.7 Å². The van der Waals surface area contributed by atoms with Crippen molar-refractivity contribution in [3.8, 4) is 0 Å². The molecule has 4 nitrogen and oxygen atoms in total. The van der Waals surface area contributed by atoms with Crippen LogP contribution in [0.4, 0.5) is 0 Å². The molecule has 1 N–H and O–H groups in total. The molecule has 0 saturated carbocycles. The molecule has 1 fully saturated rings. The summed E-state index contributed by atoms with van der Waals surface area (Å²) >= 11 is 6.16. The fourth-order valence-corrected chi connectivity index (χ4v) is 2.64. The van der Waals surface area contributed by atoms with Crippen LogP contribution in [0.15, 0.2) is 0 Å². The Morgan fingerprint density at radius 2 is 2.19 bits per heavy atom. The third-order valence-electron chi connectivity index (χ3n) is 3.13. The lowest BCUT2D eigenvalue weighted by molar-refractivity contribution is 0.0839. The molecule has 0 amide bonds. The van der Waals surface area contributed by atoms with Crippen LogP contribution in [0.3, 0.4) is 0 Å². The maximum atomic E-state index is 8.94. The lowest BCUT2D eigenvalue weighted by atomic mass is 9.97. The number of aliphatic hydroxyl groups is 1. The average Bonchev–Trinajstić information content (AvgIpc) is 2.56. The summed E-state index contributed by atoms with van der Waals surface area (Å²) in [4.78, 5) is 4.30. The number of nitrogens with zero attached hydrogens (tertiary/aromatic N) is 2. The number of aliphatic hydroxyl groups excluding tert-OH is 1. The Balaban J connectivity index is 2.24. The standard InChI is InChI=1S/C11H17ClN2O2/c1-14-9(2-5-15)13-11(12)10(14)8-3-6-16-7-4-8/h8,15H,2-7H2,1H3. The highest BCUT2D eigenvalue weighted by molar-refractivity contribution is 6.30. The molecular weight excluding hydrogens is 228 g/mol. The van der Waals surface area contributed by atoms with Crippen LogP contribution in [-0.2, 0) is 18.2 Å². The summed E-state index contributed by atoms with van der Waals surface area (Å²) in [5.41, 5.74) is 1.09. The summed E-state index contributed by atoms with van der Waals surface area (Å²) in [5.74, 6) is 1.29. The lowest BCUT2D eigenvalue weighted by Crippen LogP contribution is -2.17. The molecule has 0 aromatic carbocycles. The molecule has 90 valence electrons. The summed E-state index contributed by atoms with van der Waals surface area (Å²) in [6.07, 6.45) is 2.55. The summed E-state index contributed by atoms with van der Waals surface area (Å²) in [5, 5.41) is 9.52. The van der Waals surface area contributed by atoms with Crippen LogP contribution in [0.5, 0.6) is 0 Å². The van der Waals surface area contributed by atoms with Crippen molar-refractivity contribution < 1.29 is 9.84 Å². The Morgan fingerprint density at radius 3 is 2.81 bits per heavy atom. The van der Waals surface area contributed by atoms with Gasteiger partial charge in [0.1, 0.15) is 5.82 Å². The van der Waals surface area contributed by atoms with Crippen molar-refractivity contribution in [1.82, 2.24) is 9.55 Å². The monoisotopic (exact) mass is 244 g/mol. The van der Waals surface area contributed by atoms with Crippen LogP contribution in [0, 0.1) is 0 Å². The molecule has 0 spiro atoms. The quantitative estimate of drug-likeness (QED) is 0.877. The predicted molar refractivity (Wildman–Crippen MR) is 61.8 cm³/mol. The van der Waals surface area contributed by atoms with Gasteiger partial charge in [0, 0.05) is 32.6 Å². The Bertz CT molecular complexity index is 359. The molecule has 1 saturated heterocycles. The number of hydrogen-bond acceptors (Lipinski definition) is 3. The molecule has 1 aliphatic rings. The van der Waals surface area contributed by atoms with Crippen LogP contribution in [0.1, 0.15) is 30.3 Å². The first-order valence-electron chi connectivity index (χ1n) is 5.63. The first kappa shape index (κ1) is 11.9. The van der Waals surface area contributed by atoms with E-state index in [1.807, 2.05) is 11.6 Å². The van der Waals surface area contributed by atoms with Crippen molar-refractivity contribution in [2.24, 2.45) is 7.05 Å². The van der Waals surface area contributed by atoms with Crippen LogP contribution < -0.4 is 0 Å². The van der Waals surface area contributed by atoms with Gasteiger partial charge in [-0.05, 0) is 12.8 Å². The van der Waals surface area contributed by atoms with Crippen molar-refractivity contribution >= 4 is 11.6 Å². The first-order chi connectivity index (χ1) is 7.74. The highest BCUT2D eigenvalue weighted by atomic mass is 35.5. The molecule has 1 aliphatic heterocycles. The molecular formula is C11H17ClN2O2. The maximum Gasteiger partial charge on any atom is 0.150 e. The third-order valence-corrected chi connectivity index (χ3v) is 3.41. The van der Waals surface area contributed by atoms with E-state index in [4.69, 9.17) is 21.4 Å². The third kappa shape index (κ3) is 2.24. The smallest absolute Gasteiger partial charge is 0.150 e. The molecule has 0 bridgehead atoms. The van der Waals surface area contributed by atoms with Crippen LogP contribution in [-0.4, -0.2) is 34.5 Å². The highest BCUT2D eigenvalue weighted by Gasteiger charge is 2.23. The van der Waals surface area contributed by atoms with Gasteiger partial charge in [-0.2, -0.15) is 0 Å². The molecule has 1 aromatic heterocycles. The fourth-order valence-electron chi connectivity index (χ4n) is 2.26. The average molecular weight is 245 g/mol. The number of hydrogen-bond donors (Lipinski definition) is 1. The molecule has 0 aliphatic carbocycles. The zero-order valence-electron chi connectivity index (χ0n) is 9.45. The van der Waals surface area contributed by atoms with Crippen molar-refractivity contribution in [2.75, 3.05) is 19.8 Å². The summed E-state index contributed by atoms with van der Waals surface area (Å²) in [6, 6.07) is 0. The zero-order chi connectivity index (χ0) is 11.5. The number of aromatic nitrogens is 2. The van der Waals surface area contributed by atoms with Gasteiger partial charge in [-0.1, -0.05) is 11.6 Å². The maximum absolute atomic E-state index is 8.94. The van der Waals surface area contributed by atoms with E-state index < -0.39 is 0 Å². The Hall–Kier alpha value is -0.580. The molecule has 0 atom stereocenters. The summed E-state index contributed by atoms with van der Waals surface area (Å²) in [6.45, 7) is 1.69. The number of imidazole rings is 1. The minimum Gasteiger partial charge on any atom is -0.396 e. The molecule has 0 radical (unpaired) electrons. The second kappa shape index (κ2) is 5.17. The molecule has 0 unspecified atom stereocenters. The van der Waals surface area contributed by atoms with E-state index in [1.165, 1.54) is 0 Å². The van der Waals surface area contributed by atoms with Gasteiger partial charge in [0.25, 0.3) is 0 Å². The Kier molecular flexibility index (Phi) is 3.84. The largest absolute Gasteiger partial charge is 0.396 e. The molecule has 2 heterocycles. The van der Waals surface area contributed by atoms with Crippen LogP contribution >= 0.6 is 11.6 Å². The molecule has 2 rings (SSSR count). The van der Waals surface area contributed by atoms with E-state index in [1.54, 1.807) is 0 Å². The minimum absolute atomic E-state index is 0.106. The van der Waals surface area contributed by atoms with Crippen LogP contribution in [0.25, 0.3) is 0 Å². The molecule has 1 aromatic rings. The van der Waals surface area contributed by atoms with Gasteiger partial charge in [0.2, 0.25) is 0 Å². The zero-order valence-corrected chi connectivity index (χ0v) is 10.2. The van der Waals surface area contributed by atoms with Gasteiger partial charge < -0.3 is 14.4 Å². The first-order valence-corrected chi connectivity index (χ1v) is 6.01. The number of halogens is 1. The lowest BCUT2D eigenvalue weighted by Gasteiger charge is -2.22. The fraction of sp³-hybridized carbons (Fsp3) is 0.727. The van der Waals surface area contributed by atoms with Gasteiger partial charge in [-0.15, -0.1) is 0 Å². The van der Waals surface area contributed by atoms with E-state index in [-0.39, 0.29) is 6.61 Å². The van der Waals surface area contributed by atoms with Crippen molar-refractivity contribution in [2.45, 2.75) is 25.2 Å². The minimum atomic E-state index is 0.106. The van der Waals surface area contributed by atoms with Gasteiger partial charge in [0.15, 0.2) is 5.15 Å². The van der Waals surface area contributed by atoms with Gasteiger partial charge in [0.05, 0.1) is 12.3 Å². The topological polar surface area (TPSA) is 47.3 Å². The SMILES string of the molecule is Cn1c(CCO)nc(Cl)c1C1CCOCC1. The van der Waals surface area contributed by atoms with E-state index >= 15 is 0 Å². The normalized spacial score (nSPS) is 17.9. The van der Waals surface area contributed by atoms with E-state index in [0.717, 1.165) is 37.6 Å². The summed E-state index contributed by atoms with van der Waals surface area (Å²) in [7, 11) is 1.97.